The first kappa shape index (κ1) is 18.6. The van der Waals surface area contributed by atoms with Gasteiger partial charge in [-0.25, -0.2) is 13.1 Å². The highest BCUT2D eigenvalue weighted by atomic mass is 32.2. The van der Waals surface area contributed by atoms with E-state index in [2.05, 4.69) is 4.72 Å². The Bertz CT molecular complexity index is 546. The lowest BCUT2D eigenvalue weighted by Gasteiger charge is -2.20. The van der Waals surface area contributed by atoms with E-state index in [1.54, 1.807) is 12.0 Å². The van der Waals surface area contributed by atoms with E-state index in [1.807, 2.05) is 30.3 Å². The number of nitrogens with one attached hydrogen (secondary N) is 1. The number of amides is 1. The van der Waals surface area contributed by atoms with Crippen molar-refractivity contribution in [3.8, 4) is 0 Å². The lowest BCUT2D eigenvalue weighted by molar-refractivity contribution is -0.129. The normalized spacial score (nSPS) is 11.4. The van der Waals surface area contributed by atoms with Gasteiger partial charge in [-0.15, -0.1) is 0 Å². The van der Waals surface area contributed by atoms with Crippen LogP contribution in [0.25, 0.3) is 0 Å². The highest BCUT2D eigenvalue weighted by Crippen LogP contribution is 2.01. The molecule has 1 aromatic rings. The molecule has 1 rings (SSSR count). The molecule has 1 aromatic carbocycles. The maximum absolute atomic E-state index is 11.9. The molecule has 0 saturated heterocycles. The van der Waals surface area contributed by atoms with Crippen LogP contribution in [0.15, 0.2) is 30.3 Å². The number of nitrogens with zero attached hydrogens (tertiary/aromatic N) is 1. The maximum Gasteiger partial charge on any atom is 0.219 e. The van der Waals surface area contributed by atoms with Crippen LogP contribution in [0, 0.1) is 0 Å². The van der Waals surface area contributed by atoms with Crippen molar-refractivity contribution in [3.63, 3.8) is 0 Å². The van der Waals surface area contributed by atoms with Gasteiger partial charge in [0.25, 0.3) is 0 Å². The van der Waals surface area contributed by atoms with Crippen molar-refractivity contribution in [2.24, 2.45) is 0 Å². The smallest absolute Gasteiger partial charge is 0.219 e. The Morgan fingerprint density at radius 3 is 2.50 bits per heavy atom. The highest BCUT2D eigenvalue weighted by molar-refractivity contribution is 7.89. The Kier molecular flexibility index (Phi) is 8.08. The molecular formula is C15H24N2O4S. The fraction of sp³-hybridized carbons (Fsp3) is 0.533. The first-order valence-electron chi connectivity index (χ1n) is 7.20. The zero-order chi connectivity index (χ0) is 16.4. The molecule has 0 radical (unpaired) electrons. The van der Waals surface area contributed by atoms with E-state index < -0.39 is 10.0 Å². The van der Waals surface area contributed by atoms with E-state index in [0.29, 0.717) is 26.1 Å². The van der Waals surface area contributed by atoms with Crippen LogP contribution in [0.2, 0.25) is 0 Å². The Hall–Kier alpha value is -1.44. The van der Waals surface area contributed by atoms with Gasteiger partial charge in [0.2, 0.25) is 15.9 Å². The summed E-state index contributed by atoms with van der Waals surface area (Å²) in [4.78, 5) is 13.0. The molecule has 0 aliphatic heterocycles. The van der Waals surface area contributed by atoms with Crippen LogP contribution in [0.1, 0.15) is 12.5 Å². The average molecular weight is 328 g/mol. The molecule has 6 nitrogen and oxygen atoms in total. The Balaban J connectivity index is 2.36. The van der Waals surface area contributed by atoms with Crippen LogP contribution >= 0.6 is 0 Å². The Labute approximate surface area is 132 Å². The van der Waals surface area contributed by atoms with Crippen LogP contribution in [0.4, 0.5) is 0 Å². The molecule has 0 aliphatic carbocycles. The van der Waals surface area contributed by atoms with Gasteiger partial charge in [0.1, 0.15) is 0 Å². The van der Waals surface area contributed by atoms with Crippen molar-refractivity contribution in [1.82, 2.24) is 9.62 Å². The van der Waals surface area contributed by atoms with Gasteiger partial charge in [0.15, 0.2) is 0 Å². The van der Waals surface area contributed by atoms with Crippen molar-refractivity contribution < 1.29 is 17.9 Å². The summed E-state index contributed by atoms with van der Waals surface area (Å²) in [6, 6.07) is 9.47. The minimum absolute atomic E-state index is 0.0369. The van der Waals surface area contributed by atoms with E-state index >= 15 is 0 Å². The number of benzene rings is 1. The molecule has 0 bridgehead atoms. The molecule has 0 heterocycles. The van der Waals surface area contributed by atoms with Crippen LogP contribution in [0.3, 0.4) is 0 Å². The van der Waals surface area contributed by atoms with Crippen molar-refractivity contribution in [2.75, 3.05) is 39.1 Å². The first-order chi connectivity index (χ1) is 10.4. The van der Waals surface area contributed by atoms with Gasteiger partial charge in [-0.1, -0.05) is 30.3 Å². The Morgan fingerprint density at radius 1 is 1.23 bits per heavy atom. The number of carbonyl (C=O) groups excluding carboxylic acids is 1. The van der Waals surface area contributed by atoms with Gasteiger partial charge in [0, 0.05) is 33.7 Å². The molecule has 124 valence electrons. The van der Waals surface area contributed by atoms with E-state index in [4.69, 9.17) is 4.74 Å². The topological polar surface area (TPSA) is 75.7 Å². The predicted octanol–water partition coefficient (Wildman–Crippen LogP) is 0.643. The van der Waals surface area contributed by atoms with Crippen molar-refractivity contribution in [3.05, 3.63) is 35.9 Å². The zero-order valence-corrected chi connectivity index (χ0v) is 13.9. The number of sulfonamides is 1. The fourth-order valence-electron chi connectivity index (χ4n) is 1.93. The van der Waals surface area contributed by atoms with Gasteiger partial charge < -0.3 is 9.64 Å². The molecule has 0 saturated carbocycles. The van der Waals surface area contributed by atoms with Crippen LogP contribution < -0.4 is 4.72 Å². The second-order valence-electron chi connectivity index (χ2n) is 4.95. The molecule has 0 unspecified atom stereocenters. The predicted molar refractivity (Wildman–Crippen MR) is 86.1 cm³/mol. The summed E-state index contributed by atoms with van der Waals surface area (Å²) in [5.41, 5.74) is 0.985. The standard InChI is InChI=1S/C15H24N2O4S/c1-14(18)17(11-12-21-2)10-9-16-22(19,20)13-8-15-6-4-3-5-7-15/h3-7,16H,8-13H2,1-2H3. The second kappa shape index (κ2) is 9.55. The molecule has 22 heavy (non-hydrogen) atoms. The molecule has 0 fully saturated rings. The number of hydrogen-bond donors (Lipinski definition) is 1. The minimum Gasteiger partial charge on any atom is -0.383 e. The number of ether oxygens (including phenoxy) is 1. The lowest BCUT2D eigenvalue weighted by Crippen LogP contribution is -2.39. The number of hydrogen-bond acceptors (Lipinski definition) is 4. The quantitative estimate of drug-likeness (QED) is 0.684. The fourth-order valence-corrected chi connectivity index (χ4v) is 2.98. The summed E-state index contributed by atoms with van der Waals surface area (Å²) >= 11 is 0. The van der Waals surface area contributed by atoms with E-state index in [-0.39, 0.29) is 18.2 Å². The SMILES string of the molecule is COCCN(CCNS(=O)(=O)CCc1ccccc1)C(C)=O. The van der Waals surface area contributed by atoms with Crippen molar-refractivity contribution >= 4 is 15.9 Å². The monoisotopic (exact) mass is 328 g/mol. The molecule has 0 aromatic heterocycles. The molecular weight excluding hydrogens is 304 g/mol. The van der Waals surface area contributed by atoms with Crippen molar-refractivity contribution in [2.45, 2.75) is 13.3 Å². The molecule has 1 amide bonds. The van der Waals surface area contributed by atoms with E-state index in [0.717, 1.165) is 5.56 Å². The number of methoxy groups -OCH3 is 1. The number of rotatable bonds is 10. The summed E-state index contributed by atoms with van der Waals surface area (Å²) in [5.74, 6) is -0.0599. The van der Waals surface area contributed by atoms with Gasteiger partial charge in [-0.3, -0.25) is 4.79 Å². The zero-order valence-electron chi connectivity index (χ0n) is 13.1. The molecule has 0 spiro atoms. The summed E-state index contributed by atoms with van der Waals surface area (Å²) in [6.07, 6.45) is 0.469. The third-order valence-electron chi connectivity index (χ3n) is 3.22. The molecule has 0 atom stereocenters. The highest BCUT2D eigenvalue weighted by Gasteiger charge is 2.12. The molecule has 0 aliphatic rings. The van der Waals surface area contributed by atoms with Gasteiger partial charge in [-0.05, 0) is 12.0 Å². The number of aryl methyl sites for hydroxylation is 1. The number of carbonyl (C=O) groups is 1. The van der Waals surface area contributed by atoms with E-state index in [1.165, 1.54) is 6.92 Å². The summed E-state index contributed by atoms with van der Waals surface area (Å²) in [6.45, 7) is 2.89. The third kappa shape index (κ3) is 7.53. The van der Waals surface area contributed by atoms with Gasteiger partial charge in [-0.2, -0.15) is 0 Å². The van der Waals surface area contributed by atoms with E-state index in [9.17, 15) is 13.2 Å². The average Bonchev–Trinajstić information content (AvgIpc) is 2.49. The van der Waals surface area contributed by atoms with Crippen LogP contribution in [0.5, 0.6) is 0 Å². The van der Waals surface area contributed by atoms with Gasteiger partial charge >= 0.3 is 0 Å². The summed E-state index contributed by atoms with van der Waals surface area (Å²) < 4.78 is 31.3. The van der Waals surface area contributed by atoms with Crippen LogP contribution in [-0.4, -0.2) is 58.3 Å². The molecule has 7 heteroatoms. The maximum atomic E-state index is 11.9. The van der Waals surface area contributed by atoms with Gasteiger partial charge in [0.05, 0.1) is 12.4 Å². The largest absolute Gasteiger partial charge is 0.383 e. The second-order valence-corrected chi connectivity index (χ2v) is 6.87. The lowest BCUT2D eigenvalue weighted by atomic mass is 10.2. The minimum atomic E-state index is -3.34. The summed E-state index contributed by atoms with van der Waals surface area (Å²) in [5, 5.41) is 0. The van der Waals surface area contributed by atoms with Crippen LogP contribution in [-0.2, 0) is 26.0 Å². The summed E-state index contributed by atoms with van der Waals surface area (Å²) in [7, 11) is -1.78. The molecule has 1 N–H and O–H groups in total. The Morgan fingerprint density at radius 2 is 1.91 bits per heavy atom. The first-order valence-corrected chi connectivity index (χ1v) is 8.85. The van der Waals surface area contributed by atoms with Crippen molar-refractivity contribution in [1.29, 1.82) is 0 Å². The third-order valence-corrected chi connectivity index (χ3v) is 4.60.